The number of nitrogens with zero attached hydrogens (tertiary/aromatic N) is 1. The van der Waals surface area contributed by atoms with E-state index in [2.05, 4.69) is 42.6 Å². The lowest BCUT2D eigenvalue weighted by Gasteiger charge is -2.22. The van der Waals surface area contributed by atoms with Crippen molar-refractivity contribution in [2.45, 2.75) is 265 Å². The van der Waals surface area contributed by atoms with Gasteiger partial charge in [-0.2, -0.15) is 0 Å². The van der Waals surface area contributed by atoms with E-state index in [1.165, 1.54) is 185 Å². The van der Waals surface area contributed by atoms with Crippen LogP contribution in [-0.4, -0.2) is 88.8 Å². The van der Waals surface area contributed by atoms with Crippen molar-refractivity contribution in [3.63, 3.8) is 0 Å². The first kappa shape index (κ1) is 64.3. The lowest BCUT2D eigenvalue weighted by Crippen LogP contribution is -2.32. The van der Waals surface area contributed by atoms with Crippen LogP contribution < -0.4 is 10.0 Å². The van der Waals surface area contributed by atoms with Crippen LogP contribution in [0.15, 0.2) is 0 Å². The molecule has 2 N–H and O–H groups in total. The highest BCUT2D eigenvalue weighted by molar-refractivity contribution is 7.98. The first-order valence-corrected chi connectivity index (χ1v) is 27.1. The van der Waals surface area contributed by atoms with Gasteiger partial charge in [0.1, 0.15) is 12.6 Å². The summed E-state index contributed by atoms with van der Waals surface area (Å²) in [4.78, 5) is 34.9. The predicted molar refractivity (Wildman–Crippen MR) is 269 cm³/mol. The minimum absolute atomic E-state index is 0.0848. The molecule has 1 amide bonds. The van der Waals surface area contributed by atoms with E-state index in [1.54, 1.807) is 0 Å². The van der Waals surface area contributed by atoms with Crippen molar-refractivity contribution in [3.05, 3.63) is 0 Å². The summed E-state index contributed by atoms with van der Waals surface area (Å²) in [6.45, 7) is 13.0. The lowest BCUT2D eigenvalue weighted by atomic mass is 10.0. The molecule has 0 aromatic heterocycles. The largest absolute Gasteiger partial charge is 0.381 e. The molecule has 9 heteroatoms. The second kappa shape index (κ2) is 59.0. The zero-order valence-electron chi connectivity index (χ0n) is 42.0. The molecule has 0 rings (SSSR count). The smallest absolute Gasteiger partial charge is 0.231 e. The number of amides is 1. The van der Waals surface area contributed by atoms with Crippen LogP contribution in [0.25, 0.3) is 0 Å². The van der Waals surface area contributed by atoms with Crippen LogP contribution in [-0.2, 0) is 23.9 Å². The van der Waals surface area contributed by atoms with E-state index in [0.29, 0.717) is 30.8 Å². The quantitative estimate of drug-likeness (QED) is 0.0354. The average Bonchev–Trinajstić information content (AvgIpc) is 3.28. The van der Waals surface area contributed by atoms with Gasteiger partial charge in [0.05, 0.1) is 18.0 Å². The summed E-state index contributed by atoms with van der Waals surface area (Å²) in [5, 5.41) is 2.98. The highest BCUT2D eigenvalue weighted by Gasteiger charge is 2.08. The van der Waals surface area contributed by atoms with Gasteiger partial charge in [-0.3, -0.25) is 9.52 Å². The second-order valence-corrected chi connectivity index (χ2v) is 18.3. The summed E-state index contributed by atoms with van der Waals surface area (Å²) in [6, 6.07) is 0. The Bertz CT molecular complexity index is 797. The Morgan fingerprint density at radius 2 is 0.869 bits per heavy atom. The zero-order chi connectivity index (χ0) is 45.5. The number of methoxy groups -OCH3 is 2. The van der Waals surface area contributed by atoms with Crippen LogP contribution in [0.1, 0.15) is 252 Å². The van der Waals surface area contributed by atoms with Gasteiger partial charge >= 0.3 is 0 Å². The van der Waals surface area contributed by atoms with Crippen molar-refractivity contribution in [2.75, 3.05) is 53.2 Å². The number of aldehydes is 2. The van der Waals surface area contributed by atoms with Crippen LogP contribution in [0.4, 0.5) is 0 Å². The summed E-state index contributed by atoms with van der Waals surface area (Å²) in [6.07, 6.45) is 47.0. The Balaban J connectivity index is -0.000000901. The van der Waals surface area contributed by atoms with Crippen molar-refractivity contribution in [2.24, 2.45) is 0 Å². The van der Waals surface area contributed by atoms with Gasteiger partial charge in [0.25, 0.3) is 0 Å². The summed E-state index contributed by atoms with van der Waals surface area (Å²) in [5.74, 6) is 0.538. The Labute approximate surface area is 385 Å². The molecule has 0 fully saturated rings. The van der Waals surface area contributed by atoms with Gasteiger partial charge < -0.3 is 29.3 Å². The van der Waals surface area contributed by atoms with E-state index in [4.69, 9.17) is 9.47 Å². The van der Waals surface area contributed by atoms with Crippen LogP contribution >= 0.6 is 11.9 Å². The Hall–Kier alpha value is -1.00. The van der Waals surface area contributed by atoms with E-state index in [9.17, 15) is 14.4 Å². The third kappa shape index (κ3) is 57.0. The zero-order valence-corrected chi connectivity index (χ0v) is 42.8. The standard InChI is InChI=1S/C22H43N3O3S.C18H38O.C12H26O/c1-23-29-21-22(28)24-15-14-18-25(16-10-6-2-4-8-12-19-26)17-11-7-3-5-9-13-20-27;1-4-6-8-10-12-14-16-18(19-3)17-15-13-11-9-7-5-2;1-4-6-7-8-9-10-11-12(5-2)13-3/h19-20,23H,2-18,21H2,1H3,(H,24,28);18H,4-17H2,1-3H3;12H,4-11H2,1-3H3. The molecule has 0 aromatic carbocycles. The van der Waals surface area contributed by atoms with E-state index >= 15 is 0 Å². The Kier molecular flexibility index (Phi) is 62.2. The normalized spacial score (nSPS) is 11.6. The SMILES string of the molecule is CCCCCCCCC(CC)OC.CCCCCCCCC(CCCCCCCC)OC.CNSCC(=O)NCCCN(CCCCCCCC=O)CCCCCCCC=O. The molecule has 0 spiro atoms. The molecule has 0 radical (unpaired) electrons. The van der Waals surface area contributed by atoms with Crippen molar-refractivity contribution in [1.29, 1.82) is 0 Å². The summed E-state index contributed by atoms with van der Waals surface area (Å²) in [5.41, 5.74) is 0. The molecule has 0 saturated carbocycles. The van der Waals surface area contributed by atoms with Gasteiger partial charge in [0, 0.05) is 33.6 Å². The van der Waals surface area contributed by atoms with Gasteiger partial charge in [-0.1, -0.05) is 194 Å². The fraction of sp³-hybridized carbons (Fsp3) is 0.942. The predicted octanol–water partition coefficient (Wildman–Crippen LogP) is 14.4. The minimum atomic E-state index is 0.0848. The fourth-order valence-electron chi connectivity index (χ4n) is 7.57. The first-order valence-electron chi connectivity index (χ1n) is 26.1. The van der Waals surface area contributed by atoms with E-state index in [0.717, 1.165) is 77.3 Å². The number of unbranched alkanes of at least 4 members (excludes halogenated alkanes) is 25. The molecule has 366 valence electrons. The molecule has 0 bridgehead atoms. The fourth-order valence-corrected chi connectivity index (χ4v) is 7.94. The molecule has 0 saturated heterocycles. The second-order valence-electron chi connectivity index (χ2n) is 17.3. The molecule has 0 aromatic rings. The number of carbonyl (C=O) groups is 3. The van der Waals surface area contributed by atoms with Crippen LogP contribution in [0.2, 0.25) is 0 Å². The molecule has 1 unspecified atom stereocenters. The Morgan fingerprint density at radius 3 is 1.25 bits per heavy atom. The number of rotatable bonds is 47. The topological polar surface area (TPSA) is 97.0 Å². The van der Waals surface area contributed by atoms with Crippen LogP contribution in [0.5, 0.6) is 0 Å². The molecule has 61 heavy (non-hydrogen) atoms. The van der Waals surface area contributed by atoms with E-state index in [1.807, 2.05) is 21.3 Å². The number of nitrogens with one attached hydrogen (secondary N) is 2. The average molecular weight is 887 g/mol. The highest BCUT2D eigenvalue weighted by Crippen LogP contribution is 2.16. The Morgan fingerprint density at radius 1 is 0.508 bits per heavy atom. The molecular weight excluding hydrogens is 779 g/mol. The lowest BCUT2D eigenvalue weighted by molar-refractivity contribution is -0.118. The molecule has 0 aliphatic heterocycles. The van der Waals surface area contributed by atoms with Crippen molar-refractivity contribution in [1.82, 2.24) is 14.9 Å². The van der Waals surface area contributed by atoms with Crippen molar-refractivity contribution >= 4 is 30.4 Å². The molecule has 0 heterocycles. The van der Waals surface area contributed by atoms with Crippen LogP contribution in [0.3, 0.4) is 0 Å². The highest BCUT2D eigenvalue weighted by atomic mass is 32.2. The number of hydrogen-bond donors (Lipinski definition) is 2. The monoisotopic (exact) mass is 886 g/mol. The summed E-state index contributed by atoms with van der Waals surface area (Å²) >= 11 is 1.41. The molecule has 0 aliphatic carbocycles. The third-order valence-electron chi connectivity index (χ3n) is 11.7. The third-order valence-corrected chi connectivity index (χ3v) is 12.4. The minimum Gasteiger partial charge on any atom is -0.381 e. The number of carbonyl (C=O) groups excluding carboxylic acids is 3. The van der Waals surface area contributed by atoms with Gasteiger partial charge in [-0.25, -0.2) is 0 Å². The summed E-state index contributed by atoms with van der Waals surface area (Å²) in [7, 11) is 5.53. The van der Waals surface area contributed by atoms with Gasteiger partial charge in [0.2, 0.25) is 5.91 Å². The molecule has 8 nitrogen and oxygen atoms in total. The van der Waals surface area contributed by atoms with Crippen molar-refractivity contribution in [3.8, 4) is 0 Å². The van der Waals surface area contributed by atoms with Crippen molar-refractivity contribution < 1.29 is 23.9 Å². The first-order chi connectivity index (χ1) is 29.9. The maximum Gasteiger partial charge on any atom is 0.231 e. The van der Waals surface area contributed by atoms with Gasteiger partial charge in [0.15, 0.2) is 0 Å². The molecule has 1 atom stereocenters. The van der Waals surface area contributed by atoms with E-state index < -0.39 is 0 Å². The van der Waals surface area contributed by atoms with Crippen LogP contribution in [0, 0.1) is 0 Å². The van der Waals surface area contributed by atoms with Gasteiger partial charge in [-0.15, -0.1) is 0 Å². The molecular formula is C52H107N3O5S. The number of hydrogen-bond acceptors (Lipinski definition) is 8. The van der Waals surface area contributed by atoms with E-state index in [-0.39, 0.29) is 5.91 Å². The summed E-state index contributed by atoms with van der Waals surface area (Å²) < 4.78 is 13.8. The maximum absolute atomic E-state index is 11.7. The number of ether oxygens (including phenoxy) is 2. The van der Waals surface area contributed by atoms with Gasteiger partial charge in [-0.05, 0) is 84.5 Å². The maximum atomic E-state index is 11.7. The molecule has 0 aliphatic rings.